The Balaban J connectivity index is 2.00. The van der Waals surface area contributed by atoms with E-state index in [-0.39, 0.29) is 4.90 Å². The highest BCUT2D eigenvalue weighted by molar-refractivity contribution is 7.93. The quantitative estimate of drug-likeness (QED) is 0.803. The van der Waals surface area contributed by atoms with Gasteiger partial charge in [-0.25, -0.2) is 13.4 Å². The largest absolute Gasteiger partial charge is 0.274 e. The van der Waals surface area contributed by atoms with Crippen LogP contribution in [0.3, 0.4) is 0 Å². The third kappa shape index (κ3) is 2.64. The van der Waals surface area contributed by atoms with Gasteiger partial charge in [0.25, 0.3) is 10.0 Å². The molecule has 0 aliphatic rings. The molecule has 0 fully saturated rings. The monoisotopic (exact) mass is 322 g/mol. The van der Waals surface area contributed by atoms with Crippen molar-refractivity contribution < 1.29 is 8.42 Å². The summed E-state index contributed by atoms with van der Waals surface area (Å²) in [5.41, 5.74) is 2.99. The standard InChI is InChI=1S/C13H14N4O2S2/c1-8-4-9(2)12-11(5-8)20-13(15-12)16-21(18,19)10-6-14-17(3)7-10/h4-7H,1-3H3,(H,15,16). The van der Waals surface area contributed by atoms with Crippen molar-refractivity contribution in [2.24, 2.45) is 7.05 Å². The molecular weight excluding hydrogens is 308 g/mol. The minimum absolute atomic E-state index is 0.122. The van der Waals surface area contributed by atoms with Gasteiger partial charge in [0.2, 0.25) is 0 Å². The summed E-state index contributed by atoms with van der Waals surface area (Å²) >= 11 is 1.33. The van der Waals surface area contributed by atoms with Gasteiger partial charge in [0.15, 0.2) is 5.13 Å². The number of sulfonamides is 1. The van der Waals surface area contributed by atoms with Crippen LogP contribution < -0.4 is 4.72 Å². The third-order valence-corrected chi connectivity index (χ3v) is 5.38. The molecule has 8 heteroatoms. The number of fused-ring (bicyclic) bond motifs is 1. The highest BCUT2D eigenvalue weighted by Gasteiger charge is 2.18. The molecule has 0 aliphatic heterocycles. The van der Waals surface area contributed by atoms with Crippen LogP contribution in [0.1, 0.15) is 11.1 Å². The maximum absolute atomic E-state index is 12.2. The minimum Gasteiger partial charge on any atom is -0.274 e. The van der Waals surface area contributed by atoms with Crippen LogP contribution in [0.5, 0.6) is 0 Å². The first-order valence-electron chi connectivity index (χ1n) is 6.24. The van der Waals surface area contributed by atoms with Crippen LogP contribution in [0.2, 0.25) is 0 Å². The number of aromatic nitrogens is 3. The topological polar surface area (TPSA) is 76.9 Å². The van der Waals surface area contributed by atoms with E-state index in [0.29, 0.717) is 5.13 Å². The van der Waals surface area contributed by atoms with E-state index in [1.54, 1.807) is 7.05 Å². The molecule has 0 saturated carbocycles. The van der Waals surface area contributed by atoms with Crippen LogP contribution in [-0.2, 0) is 17.1 Å². The molecule has 3 rings (SSSR count). The highest BCUT2D eigenvalue weighted by Crippen LogP contribution is 2.30. The predicted molar refractivity (Wildman–Crippen MR) is 83.1 cm³/mol. The molecule has 6 nitrogen and oxygen atoms in total. The van der Waals surface area contributed by atoms with Gasteiger partial charge in [-0.3, -0.25) is 9.40 Å². The zero-order chi connectivity index (χ0) is 15.2. The van der Waals surface area contributed by atoms with Crippen molar-refractivity contribution in [3.63, 3.8) is 0 Å². The molecule has 0 atom stereocenters. The van der Waals surface area contributed by atoms with E-state index < -0.39 is 10.0 Å². The summed E-state index contributed by atoms with van der Waals surface area (Å²) in [6.07, 6.45) is 2.76. The van der Waals surface area contributed by atoms with E-state index in [9.17, 15) is 8.42 Å². The fraction of sp³-hybridized carbons (Fsp3) is 0.231. The van der Waals surface area contributed by atoms with E-state index in [2.05, 4.69) is 14.8 Å². The zero-order valence-corrected chi connectivity index (χ0v) is 13.4. The van der Waals surface area contributed by atoms with Gasteiger partial charge in [0, 0.05) is 13.2 Å². The van der Waals surface area contributed by atoms with Gasteiger partial charge >= 0.3 is 0 Å². The lowest BCUT2D eigenvalue weighted by Gasteiger charge is -2.01. The molecule has 0 radical (unpaired) electrons. The highest BCUT2D eigenvalue weighted by atomic mass is 32.2. The second-order valence-electron chi connectivity index (χ2n) is 4.90. The van der Waals surface area contributed by atoms with Gasteiger partial charge in [0.05, 0.1) is 16.4 Å². The van der Waals surface area contributed by atoms with Crippen LogP contribution >= 0.6 is 11.3 Å². The Morgan fingerprint density at radius 3 is 2.71 bits per heavy atom. The maximum atomic E-state index is 12.2. The lowest BCUT2D eigenvalue weighted by Crippen LogP contribution is -2.12. The first-order valence-corrected chi connectivity index (χ1v) is 8.54. The molecule has 0 saturated heterocycles. The van der Waals surface area contributed by atoms with Gasteiger partial charge in [0.1, 0.15) is 4.90 Å². The van der Waals surface area contributed by atoms with E-state index in [0.717, 1.165) is 21.3 Å². The summed E-state index contributed by atoms with van der Waals surface area (Å²) in [6, 6.07) is 4.03. The molecular formula is C13H14N4O2S2. The predicted octanol–water partition coefficient (Wildman–Crippen LogP) is 2.45. The number of thiazole rings is 1. The fourth-order valence-corrected chi connectivity index (χ4v) is 4.39. The first kappa shape index (κ1) is 14.0. The fourth-order valence-electron chi connectivity index (χ4n) is 2.13. The zero-order valence-electron chi connectivity index (χ0n) is 11.8. The number of hydrogen-bond acceptors (Lipinski definition) is 5. The Kier molecular flexibility index (Phi) is 3.22. The average Bonchev–Trinajstić information content (AvgIpc) is 2.95. The Labute approximate surface area is 126 Å². The summed E-state index contributed by atoms with van der Waals surface area (Å²) in [6.45, 7) is 3.97. The van der Waals surface area contributed by atoms with Crippen LogP contribution in [0.25, 0.3) is 10.2 Å². The number of benzene rings is 1. The normalized spacial score (nSPS) is 12.0. The first-order chi connectivity index (χ1) is 9.85. The molecule has 3 aromatic rings. The molecule has 21 heavy (non-hydrogen) atoms. The van der Waals surface area contributed by atoms with Crippen LogP contribution in [0, 0.1) is 13.8 Å². The van der Waals surface area contributed by atoms with Crippen LogP contribution in [0.4, 0.5) is 5.13 Å². The van der Waals surface area contributed by atoms with Gasteiger partial charge in [-0.2, -0.15) is 5.10 Å². The van der Waals surface area contributed by atoms with Gasteiger partial charge < -0.3 is 0 Å². The van der Waals surface area contributed by atoms with Crippen molar-refractivity contribution in [1.29, 1.82) is 0 Å². The Hall–Kier alpha value is -1.93. The second-order valence-corrected chi connectivity index (χ2v) is 7.62. The van der Waals surface area contributed by atoms with Crippen molar-refractivity contribution in [2.45, 2.75) is 18.7 Å². The smallest absolute Gasteiger partial charge is 0.266 e. The van der Waals surface area contributed by atoms with E-state index >= 15 is 0 Å². The van der Waals surface area contributed by atoms with E-state index in [1.807, 2.05) is 26.0 Å². The van der Waals surface area contributed by atoms with Crippen molar-refractivity contribution in [2.75, 3.05) is 4.72 Å². The summed E-state index contributed by atoms with van der Waals surface area (Å²) in [5, 5.41) is 4.24. The van der Waals surface area contributed by atoms with Crippen LogP contribution in [0.15, 0.2) is 29.4 Å². The molecule has 1 aromatic carbocycles. The number of hydrogen-bond donors (Lipinski definition) is 1. The molecule has 0 amide bonds. The SMILES string of the molecule is Cc1cc(C)c2nc(NS(=O)(=O)c3cnn(C)c3)sc2c1. The third-order valence-electron chi connectivity index (χ3n) is 3.04. The molecule has 0 spiro atoms. The van der Waals surface area contributed by atoms with Gasteiger partial charge in [-0.05, 0) is 31.0 Å². The minimum atomic E-state index is -3.65. The molecule has 110 valence electrons. The number of rotatable bonds is 3. The summed E-state index contributed by atoms with van der Waals surface area (Å²) < 4.78 is 29.4. The second kappa shape index (κ2) is 4.81. The Bertz CT molecular complexity index is 925. The van der Waals surface area contributed by atoms with Crippen molar-refractivity contribution in [1.82, 2.24) is 14.8 Å². The molecule has 2 heterocycles. The molecule has 2 aromatic heterocycles. The lowest BCUT2D eigenvalue weighted by molar-refractivity contribution is 0.601. The molecule has 0 unspecified atom stereocenters. The number of nitrogens with zero attached hydrogens (tertiary/aromatic N) is 3. The molecule has 1 N–H and O–H groups in total. The van der Waals surface area contributed by atoms with Gasteiger partial charge in [-0.15, -0.1) is 0 Å². The van der Waals surface area contributed by atoms with E-state index in [4.69, 9.17) is 0 Å². The van der Waals surface area contributed by atoms with E-state index in [1.165, 1.54) is 28.4 Å². The Morgan fingerprint density at radius 2 is 2.05 bits per heavy atom. The number of anilines is 1. The lowest BCUT2D eigenvalue weighted by atomic mass is 10.1. The van der Waals surface area contributed by atoms with Crippen molar-refractivity contribution >= 4 is 36.7 Å². The van der Waals surface area contributed by atoms with Crippen molar-refractivity contribution in [3.8, 4) is 0 Å². The molecule has 0 bridgehead atoms. The van der Waals surface area contributed by atoms with Crippen molar-refractivity contribution in [3.05, 3.63) is 35.7 Å². The summed E-state index contributed by atoms with van der Waals surface area (Å²) in [4.78, 5) is 4.49. The number of nitrogens with one attached hydrogen (secondary N) is 1. The Morgan fingerprint density at radius 1 is 1.29 bits per heavy atom. The molecule has 0 aliphatic carbocycles. The average molecular weight is 322 g/mol. The van der Waals surface area contributed by atoms with Crippen LogP contribution in [-0.4, -0.2) is 23.2 Å². The summed E-state index contributed by atoms with van der Waals surface area (Å²) in [7, 11) is -1.98. The number of aryl methyl sites for hydroxylation is 3. The van der Waals surface area contributed by atoms with Gasteiger partial charge in [-0.1, -0.05) is 17.4 Å². The maximum Gasteiger partial charge on any atom is 0.266 e. The summed E-state index contributed by atoms with van der Waals surface area (Å²) in [5.74, 6) is 0.